The lowest BCUT2D eigenvalue weighted by Crippen LogP contribution is -2.48. The molecule has 0 heterocycles. The highest BCUT2D eigenvalue weighted by Crippen LogP contribution is 2.51. The molecule has 0 aliphatic heterocycles. The van der Waals surface area contributed by atoms with Gasteiger partial charge in [0.25, 0.3) is 0 Å². The van der Waals surface area contributed by atoms with Crippen LogP contribution in [0.25, 0.3) is 0 Å². The fourth-order valence-corrected chi connectivity index (χ4v) is 7.28. The molecule has 0 saturated heterocycles. The average molecular weight is 282 g/mol. The Labute approximate surface area is 119 Å². The van der Waals surface area contributed by atoms with Crippen molar-refractivity contribution in [1.82, 2.24) is 0 Å². The number of Topliss-reactive ketones (excluding diaryl/α,β-unsaturated/α-hetero) is 1. The summed E-state index contributed by atoms with van der Waals surface area (Å²) in [7, 11) is -1.53. The van der Waals surface area contributed by atoms with Gasteiger partial charge in [0.2, 0.25) is 0 Å². The second kappa shape index (κ2) is 5.69. The molecule has 0 bridgehead atoms. The van der Waals surface area contributed by atoms with Gasteiger partial charge in [0.1, 0.15) is 5.78 Å². The number of ketones is 1. The van der Waals surface area contributed by atoms with Crippen LogP contribution >= 0.6 is 0 Å². The highest BCUT2D eigenvalue weighted by atomic mass is 28.4. The van der Waals surface area contributed by atoms with E-state index < -0.39 is 8.32 Å². The first-order valence-electron chi connectivity index (χ1n) is 8.22. The van der Waals surface area contributed by atoms with Gasteiger partial charge in [0, 0.05) is 17.9 Å². The minimum Gasteiger partial charge on any atom is -0.414 e. The third kappa shape index (κ3) is 2.56. The van der Waals surface area contributed by atoms with E-state index in [0.717, 1.165) is 19.3 Å². The number of hydrogen-bond donors (Lipinski definition) is 0. The molecule has 2 aliphatic rings. The van der Waals surface area contributed by atoms with Crippen LogP contribution in [0.5, 0.6) is 0 Å². The van der Waals surface area contributed by atoms with Gasteiger partial charge in [0.05, 0.1) is 0 Å². The summed E-state index contributed by atoms with van der Waals surface area (Å²) >= 11 is 0. The molecule has 2 saturated carbocycles. The molecule has 0 spiro atoms. The van der Waals surface area contributed by atoms with E-state index in [9.17, 15) is 4.79 Å². The molecule has 0 radical (unpaired) electrons. The molecule has 19 heavy (non-hydrogen) atoms. The molecule has 2 unspecified atom stereocenters. The Hall–Kier alpha value is -0.153. The van der Waals surface area contributed by atoms with Crippen LogP contribution in [0.2, 0.25) is 18.1 Å². The van der Waals surface area contributed by atoms with Crippen molar-refractivity contribution in [3.63, 3.8) is 0 Å². The SMILES string of the molecule is CC[Si](CC)(CC)OC1CCCC2(C)C(=O)CC[C@@H]12. The van der Waals surface area contributed by atoms with Crippen LogP contribution in [0, 0.1) is 11.3 Å². The largest absolute Gasteiger partial charge is 0.414 e. The predicted molar refractivity (Wildman–Crippen MR) is 81.8 cm³/mol. The summed E-state index contributed by atoms with van der Waals surface area (Å²) in [5.74, 6) is 1.01. The molecule has 2 rings (SSSR count). The zero-order chi connectivity index (χ0) is 14.1. The van der Waals surface area contributed by atoms with E-state index in [2.05, 4.69) is 27.7 Å². The fraction of sp³-hybridized carbons (Fsp3) is 0.938. The normalized spacial score (nSPS) is 35.5. The Morgan fingerprint density at radius 2 is 1.84 bits per heavy atom. The molecular weight excluding hydrogens is 252 g/mol. The van der Waals surface area contributed by atoms with Gasteiger partial charge in [-0.3, -0.25) is 4.79 Å². The van der Waals surface area contributed by atoms with Crippen LogP contribution in [-0.2, 0) is 9.22 Å². The molecule has 2 fully saturated rings. The first kappa shape index (κ1) is 15.2. The Morgan fingerprint density at radius 1 is 1.21 bits per heavy atom. The maximum absolute atomic E-state index is 12.2. The summed E-state index contributed by atoms with van der Waals surface area (Å²) in [5, 5.41) is 0. The summed E-state index contributed by atoms with van der Waals surface area (Å²) < 4.78 is 6.74. The summed E-state index contributed by atoms with van der Waals surface area (Å²) in [5.41, 5.74) is -0.0573. The van der Waals surface area contributed by atoms with Gasteiger partial charge >= 0.3 is 0 Å². The van der Waals surface area contributed by atoms with Crippen LogP contribution in [0.4, 0.5) is 0 Å². The van der Waals surface area contributed by atoms with Crippen molar-refractivity contribution >= 4 is 14.1 Å². The van der Waals surface area contributed by atoms with Crippen molar-refractivity contribution in [3.8, 4) is 0 Å². The molecule has 0 aromatic heterocycles. The fourth-order valence-electron chi connectivity index (χ4n) is 4.35. The zero-order valence-electron chi connectivity index (χ0n) is 13.1. The van der Waals surface area contributed by atoms with Gasteiger partial charge in [-0.1, -0.05) is 27.7 Å². The molecule has 3 heteroatoms. The van der Waals surface area contributed by atoms with Crippen molar-refractivity contribution in [3.05, 3.63) is 0 Å². The van der Waals surface area contributed by atoms with E-state index in [1.165, 1.54) is 31.0 Å². The average Bonchev–Trinajstić information content (AvgIpc) is 2.73. The number of hydrogen-bond acceptors (Lipinski definition) is 2. The molecule has 2 nitrogen and oxygen atoms in total. The molecule has 0 amide bonds. The molecule has 2 aliphatic carbocycles. The van der Waals surface area contributed by atoms with E-state index in [4.69, 9.17) is 4.43 Å². The van der Waals surface area contributed by atoms with Gasteiger partial charge in [-0.15, -0.1) is 0 Å². The Balaban J connectivity index is 2.14. The minimum absolute atomic E-state index is 0.0573. The molecule has 0 N–H and O–H groups in total. The van der Waals surface area contributed by atoms with E-state index in [1.807, 2.05) is 0 Å². The van der Waals surface area contributed by atoms with Crippen LogP contribution in [0.15, 0.2) is 0 Å². The quantitative estimate of drug-likeness (QED) is 0.692. The van der Waals surface area contributed by atoms with Crippen molar-refractivity contribution in [2.75, 3.05) is 0 Å². The number of carbonyl (C=O) groups is 1. The van der Waals surface area contributed by atoms with Gasteiger partial charge in [0.15, 0.2) is 8.32 Å². The Morgan fingerprint density at radius 3 is 2.42 bits per heavy atom. The van der Waals surface area contributed by atoms with Crippen molar-refractivity contribution in [1.29, 1.82) is 0 Å². The maximum Gasteiger partial charge on any atom is 0.192 e. The van der Waals surface area contributed by atoms with Crippen molar-refractivity contribution in [2.24, 2.45) is 11.3 Å². The zero-order valence-corrected chi connectivity index (χ0v) is 14.1. The molecule has 3 atom stereocenters. The molecule has 0 aromatic carbocycles. The first-order chi connectivity index (χ1) is 9.01. The number of carbonyl (C=O) groups excluding carboxylic acids is 1. The summed E-state index contributed by atoms with van der Waals surface area (Å²) in [6, 6.07) is 3.65. The Kier molecular flexibility index (Phi) is 4.56. The molecular formula is C16H30O2Si. The first-order valence-corrected chi connectivity index (χ1v) is 10.8. The van der Waals surface area contributed by atoms with Crippen LogP contribution < -0.4 is 0 Å². The third-order valence-corrected chi connectivity index (χ3v) is 10.8. The van der Waals surface area contributed by atoms with Crippen LogP contribution in [0.3, 0.4) is 0 Å². The topological polar surface area (TPSA) is 26.3 Å². The lowest BCUT2D eigenvalue weighted by Gasteiger charge is -2.44. The second-order valence-corrected chi connectivity index (χ2v) is 11.5. The lowest BCUT2D eigenvalue weighted by molar-refractivity contribution is -0.130. The van der Waals surface area contributed by atoms with E-state index >= 15 is 0 Å². The van der Waals surface area contributed by atoms with Gasteiger partial charge in [-0.25, -0.2) is 0 Å². The monoisotopic (exact) mass is 282 g/mol. The Bertz CT molecular complexity index is 329. The summed E-state index contributed by atoms with van der Waals surface area (Å²) in [6.07, 6.45) is 5.68. The van der Waals surface area contributed by atoms with Crippen molar-refractivity contribution in [2.45, 2.75) is 84.0 Å². The van der Waals surface area contributed by atoms with E-state index in [1.54, 1.807) is 0 Å². The summed E-state index contributed by atoms with van der Waals surface area (Å²) in [6.45, 7) is 9.08. The van der Waals surface area contributed by atoms with Gasteiger partial charge in [-0.05, 0) is 49.7 Å². The van der Waals surface area contributed by atoms with Gasteiger partial charge in [-0.2, -0.15) is 0 Å². The standard InChI is InChI=1S/C16H30O2Si/c1-5-19(6-2,7-3)18-14-9-8-12-16(4)13(14)10-11-15(16)17/h13-14H,5-12H2,1-4H3/t13-,14?,16?/m0/s1. The van der Waals surface area contributed by atoms with Crippen LogP contribution in [0.1, 0.15) is 59.8 Å². The predicted octanol–water partition coefficient (Wildman–Crippen LogP) is 4.55. The third-order valence-electron chi connectivity index (χ3n) is 6.11. The number of fused-ring (bicyclic) bond motifs is 1. The van der Waals surface area contributed by atoms with Crippen LogP contribution in [-0.4, -0.2) is 20.2 Å². The summed E-state index contributed by atoms with van der Waals surface area (Å²) in [4.78, 5) is 12.2. The van der Waals surface area contributed by atoms with E-state index in [0.29, 0.717) is 17.8 Å². The smallest absolute Gasteiger partial charge is 0.192 e. The minimum atomic E-state index is -1.53. The highest BCUT2D eigenvalue weighted by Gasteiger charge is 2.52. The van der Waals surface area contributed by atoms with E-state index in [-0.39, 0.29) is 5.41 Å². The highest BCUT2D eigenvalue weighted by molar-refractivity contribution is 6.73. The molecule has 0 aromatic rings. The maximum atomic E-state index is 12.2. The van der Waals surface area contributed by atoms with Gasteiger partial charge < -0.3 is 4.43 Å². The lowest BCUT2D eigenvalue weighted by atomic mass is 9.68. The number of rotatable bonds is 5. The molecule has 110 valence electrons. The second-order valence-electron chi connectivity index (χ2n) is 6.78. The van der Waals surface area contributed by atoms with Crippen molar-refractivity contribution < 1.29 is 9.22 Å².